The summed E-state index contributed by atoms with van der Waals surface area (Å²) in [4.78, 5) is 14.1. The molecule has 4 nitrogen and oxygen atoms in total. The fraction of sp³-hybridized carbons (Fsp3) is 0.381. The Morgan fingerprint density at radius 1 is 1.04 bits per heavy atom. The molecule has 140 valence electrons. The van der Waals surface area contributed by atoms with Crippen LogP contribution in [0.5, 0.6) is 0 Å². The summed E-state index contributed by atoms with van der Waals surface area (Å²) in [7, 11) is 0. The molecule has 0 saturated carbocycles. The molecule has 0 saturated heterocycles. The molecule has 0 aliphatic rings. The molecule has 1 amide bonds. The average molecular weight is 419 g/mol. The Morgan fingerprint density at radius 2 is 1.58 bits per heavy atom. The highest BCUT2D eigenvalue weighted by atomic mass is 79.9. The summed E-state index contributed by atoms with van der Waals surface area (Å²) >= 11 is 3.35. The monoisotopic (exact) mass is 418 g/mol. The number of halogens is 1. The number of carbonyl (C=O) groups is 1. The Balaban J connectivity index is 1.94. The first-order valence-electron chi connectivity index (χ1n) is 8.97. The molecule has 0 bridgehead atoms. The van der Waals surface area contributed by atoms with Gasteiger partial charge in [-0.3, -0.25) is 4.90 Å². The van der Waals surface area contributed by atoms with Crippen molar-refractivity contribution in [1.29, 1.82) is 0 Å². The van der Waals surface area contributed by atoms with Gasteiger partial charge in [-0.15, -0.1) is 0 Å². The lowest BCUT2D eigenvalue weighted by molar-refractivity contribution is 0.0887. The fourth-order valence-electron chi connectivity index (χ4n) is 2.61. The molecule has 26 heavy (non-hydrogen) atoms. The van der Waals surface area contributed by atoms with Crippen LogP contribution >= 0.6 is 15.9 Å². The predicted molar refractivity (Wildman–Crippen MR) is 109 cm³/mol. The molecule has 0 spiro atoms. The lowest BCUT2D eigenvalue weighted by Crippen LogP contribution is -2.37. The molecular weight excluding hydrogens is 392 g/mol. The van der Waals surface area contributed by atoms with Crippen LogP contribution in [0.15, 0.2) is 60.7 Å². The zero-order valence-electron chi connectivity index (χ0n) is 15.2. The van der Waals surface area contributed by atoms with Crippen molar-refractivity contribution in [2.75, 3.05) is 18.5 Å². The number of hydrogen-bond donors (Lipinski definition) is 1. The summed E-state index contributed by atoms with van der Waals surface area (Å²) in [5.74, 6) is 0. The van der Waals surface area contributed by atoms with Crippen LogP contribution < -0.4 is 5.32 Å². The molecule has 0 fully saturated rings. The second-order valence-corrected chi connectivity index (χ2v) is 7.09. The minimum absolute atomic E-state index is 0.109. The SMILES string of the molecule is CC(COC(=O)NCCCBr)N(Cc1ccccc1)Cc1ccccc1. The standard InChI is InChI=1S/C21H27BrN2O2/c1-18(17-26-21(25)23-14-8-13-22)24(15-19-9-4-2-5-10-19)16-20-11-6-3-7-12-20/h2-7,9-12,18H,8,13-17H2,1H3,(H,23,25). The first-order valence-corrected chi connectivity index (χ1v) is 10.1. The smallest absolute Gasteiger partial charge is 0.407 e. The van der Waals surface area contributed by atoms with Gasteiger partial charge in [0.05, 0.1) is 0 Å². The highest BCUT2D eigenvalue weighted by molar-refractivity contribution is 9.09. The van der Waals surface area contributed by atoms with Crippen molar-refractivity contribution in [3.05, 3.63) is 71.8 Å². The third-order valence-corrected chi connectivity index (χ3v) is 4.68. The highest BCUT2D eigenvalue weighted by Gasteiger charge is 2.17. The molecule has 0 aliphatic heterocycles. The average Bonchev–Trinajstić information content (AvgIpc) is 2.67. The molecule has 0 radical (unpaired) electrons. The number of alkyl halides is 1. The summed E-state index contributed by atoms with van der Waals surface area (Å²) in [5, 5.41) is 3.63. The van der Waals surface area contributed by atoms with Crippen molar-refractivity contribution >= 4 is 22.0 Å². The summed E-state index contributed by atoms with van der Waals surface area (Å²) in [6, 6.07) is 20.8. The van der Waals surface area contributed by atoms with E-state index < -0.39 is 0 Å². The topological polar surface area (TPSA) is 41.6 Å². The third kappa shape index (κ3) is 7.58. The number of hydrogen-bond acceptors (Lipinski definition) is 3. The zero-order valence-corrected chi connectivity index (χ0v) is 16.8. The van der Waals surface area contributed by atoms with Crippen LogP contribution in [0.4, 0.5) is 4.79 Å². The number of ether oxygens (including phenoxy) is 1. The van der Waals surface area contributed by atoms with Crippen molar-refractivity contribution in [3.8, 4) is 0 Å². The van der Waals surface area contributed by atoms with Crippen molar-refractivity contribution in [2.24, 2.45) is 0 Å². The quantitative estimate of drug-likeness (QED) is 0.453. The Bertz CT molecular complexity index is 595. The molecule has 1 N–H and O–H groups in total. The highest BCUT2D eigenvalue weighted by Crippen LogP contribution is 2.13. The van der Waals surface area contributed by atoms with Gasteiger partial charge >= 0.3 is 6.09 Å². The van der Waals surface area contributed by atoms with Gasteiger partial charge in [0.15, 0.2) is 0 Å². The molecule has 2 rings (SSSR count). The normalized spacial score (nSPS) is 12.0. The maximum atomic E-state index is 11.8. The molecule has 1 atom stereocenters. The van der Waals surface area contributed by atoms with Gasteiger partial charge in [-0.05, 0) is 24.5 Å². The van der Waals surface area contributed by atoms with E-state index in [0.717, 1.165) is 24.8 Å². The van der Waals surface area contributed by atoms with Crippen LogP contribution in [0.2, 0.25) is 0 Å². The van der Waals surface area contributed by atoms with E-state index in [9.17, 15) is 4.79 Å². The fourth-order valence-corrected chi connectivity index (χ4v) is 2.89. The van der Waals surface area contributed by atoms with E-state index in [0.29, 0.717) is 13.2 Å². The number of benzene rings is 2. The van der Waals surface area contributed by atoms with Gasteiger partial charge in [0.2, 0.25) is 0 Å². The number of carbonyl (C=O) groups excluding carboxylic acids is 1. The van der Waals surface area contributed by atoms with E-state index in [2.05, 4.69) is 81.6 Å². The van der Waals surface area contributed by atoms with Crippen LogP contribution in [0.3, 0.4) is 0 Å². The largest absolute Gasteiger partial charge is 0.448 e. The van der Waals surface area contributed by atoms with E-state index in [4.69, 9.17) is 4.74 Å². The second-order valence-electron chi connectivity index (χ2n) is 6.29. The van der Waals surface area contributed by atoms with Gasteiger partial charge in [0.1, 0.15) is 6.61 Å². The maximum absolute atomic E-state index is 11.8. The van der Waals surface area contributed by atoms with Gasteiger partial charge in [-0.25, -0.2) is 4.79 Å². The first-order chi connectivity index (χ1) is 12.7. The number of nitrogens with one attached hydrogen (secondary N) is 1. The number of alkyl carbamates (subject to hydrolysis) is 1. The number of nitrogens with zero attached hydrogens (tertiary/aromatic N) is 1. The maximum Gasteiger partial charge on any atom is 0.407 e. The summed E-state index contributed by atoms with van der Waals surface area (Å²) < 4.78 is 5.40. The minimum Gasteiger partial charge on any atom is -0.448 e. The second kappa shape index (κ2) is 11.7. The lowest BCUT2D eigenvalue weighted by atomic mass is 10.1. The Labute approximate surface area is 164 Å². The molecular formula is C21H27BrN2O2. The van der Waals surface area contributed by atoms with Crippen LogP contribution in [-0.4, -0.2) is 35.5 Å². The van der Waals surface area contributed by atoms with Crippen molar-refractivity contribution in [3.63, 3.8) is 0 Å². The van der Waals surface area contributed by atoms with Gasteiger partial charge < -0.3 is 10.1 Å². The van der Waals surface area contributed by atoms with E-state index in [1.807, 2.05) is 12.1 Å². The zero-order chi connectivity index (χ0) is 18.6. The number of rotatable bonds is 10. The molecule has 2 aromatic rings. The van der Waals surface area contributed by atoms with Gasteiger partial charge in [0, 0.05) is 31.0 Å². The van der Waals surface area contributed by atoms with E-state index >= 15 is 0 Å². The molecule has 0 aromatic heterocycles. The van der Waals surface area contributed by atoms with E-state index in [1.54, 1.807) is 0 Å². The van der Waals surface area contributed by atoms with Crippen LogP contribution in [0.25, 0.3) is 0 Å². The summed E-state index contributed by atoms with van der Waals surface area (Å²) in [6.45, 7) is 4.70. The van der Waals surface area contributed by atoms with Crippen molar-refractivity contribution in [1.82, 2.24) is 10.2 Å². The van der Waals surface area contributed by atoms with Gasteiger partial charge in [-0.1, -0.05) is 76.6 Å². The molecule has 5 heteroatoms. The first kappa shape index (κ1) is 20.5. The lowest BCUT2D eigenvalue weighted by Gasteiger charge is -2.29. The van der Waals surface area contributed by atoms with Crippen molar-refractivity contribution < 1.29 is 9.53 Å². The Kier molecular flexibility index (Phi) is 9.21. The summed E-state index contributed by atoms with van der Waals surface area (Å²) in [5.41, 5.74) is 2.49. The number of amides is 1. The van der Waals surface area contributed by atoms with E-state index in [1.165, 1.54) is 11.1 Å². The Morgan fingerprint density at radius 3 is 2.08 bits per heavy atom. The Hall–Kier alpha value is -1.85. The van der Waals surface area contributed by atoms with Gasteiger partial charge in [0.25, 0.3) is 0 Å². The van der Waals surface area contributed by atoms with Crippen molar-refractivity contribution in [2.45, 2.75) is 32.5 Å². The molecule has 0 heterocycles. The molecule has 1 unspecified atom stereocenters. The van der Waals surface area contributed by atoms with Crippen LogP contribution in [0.1, 0.15) is 24.5 Å². The van der Waals surface area contributed by atoms with Crippen LogP contribution in [-0.2, 0) is 17.8 Å². The summed E-state index contributed by atoms with van der Waals surface area (Å²) in [6.07, 6.45) is 0.538. The predicted octanol–water partition coefficient (Wildman–Crippen LogP) is 4.59. The molecule has 0 aliphatic carbocycles. The minimum atomic E-state index is -0.350. The van der Waals surface area contributed by atoms with E-state index in [-0.39, 0.29) is 12.1 Å². The van der Waals surface area contributed by atoms with Gasteiger partial charge in [-0.2, -0.15) is 0 Å². The van der Waals surface area contributed by atoms with Crippen LogP contribution in [0, 0.1) is 0 Å². The molecule has 2 aromatic carbocycles. The third-order valence-electron chi connectivity index (χ3n) is 4.12.